The molecule has 1 aliphatic heterocycles. The van der Waals surface area contributed by atoms with Crippen LogP contribution in [0.1, 0.15) is 44.0 Å². The molecule has 0 atom stereocenters. The van der Waals surface area contributed by atoms with Crippen LogP contribution in [0.25, 0.3) is 0 Å². The molecule has 0 aliphatic carbocycles. The second kappa shape index (κ2) is 7.56. The molecule has 0 bridgehead atoms. The molecule has 1 aromatic heterocycles. The number of aromatic nitrogens is 2. The zero-order valence-electron chi connectivity index (χ0n) is 14.3. The van der Waals surface area contributed by atoms with E-state index in [0.717, 1.165) is 62.7 Å². The molecule has 1 aliphatic rings. The van der Waals surface area contributed by atoms with E-state index in [9.17, 15) is 4.79 Å². The van der Waals surface area contributed by atoms with Gasteiger partial charge in [-0.05, 0) is 39.2 Å². The number of rotatable bonds is 5. The van der Waals surface area contributed by atoms with E-state index in [0.29, 0.717) is 5.91 Å². The molecule has 1 amide bonds. The van der Waals surface area contributed by atoms with E-state index < -0.39 is 0 Å². The van der Waals surface area contributed by atoms with Crippen molar-refractivity contribution in [2.75, 3.05) is 31.6 Å². The molecule has 122 valence electrons. The SMILES string of the molecule is CCCCN(C)C(=O)C1CCN(c2nc(C)cc(C)n2)CC1. The van der Waals surface area contributed by atoms with E-state index in [1.54, 1.807) is 0 Å². The maximum absolute atomic E-state index is 12.4. The predicted molar refractivity (Wildman–Crippen MR) is 89.0 cm³/mol. The minimum absolute atomic E-state index is 0.156. The van der Waals surface area contributed by atoms with Gasteiger partial charge in [0.2, 0.25) is 11.9 Å². The van der Waals surface area contributed by atoms with E-state index in [4.69, 9.17) is 0 Å². The summed E-state index contributed by atoms with van der Waals surface area (Å²) >= 11 is 0. The van der Waals surface area contributed by atoms with Crippen LogP contribution in [-0.2, 0) is 4.79 Å². The normalized spacial score (nSPS) is 15.9. The highest BCUT2D eigenvalue weighted by Gasteiger charge is 2.28. The van der Waals surface area contributed by atoms with E-state index in [-0.39, 0.29) is 5.92 Å². The van der Waals surface area contributed by atoms with Gasteiger partial charge in [0, 0.05) is 44.0 Å². The molecule has 0 N–H and O–H groups in total. The van der Waals surface area contributed by atoms with E-state index in [2.05, 4.69) is 21.8 Å². The van der Waals surface area contributed by atoms with E-state index >= 15 is 0 Å². The van der Waals surface area contributed by atoms with E-state index in [1.807, 2.05) is 31.9 Å². The average molecular weight is 304 g/mol. The minimum Gasteiger partial charge on any atom is -0.346 e. The minimum atomic E-state index is 0.156. The number of unbranched alkanes of at least 4 members (excludes halogenated alkanes) is 1. The molecule has 0 radical (unpaired) electrons. The van der Waals surface area contributed by atoms with Crippen LogP contribution < -0.4 is 4.90 Å². The van der Waals surface area contributed by atoms with Gasteiger partial charge in [-0.25, -0.2) is 9.97 Å². The molecule has 0 unspecified atom stereocenters. The summed E-state index contributed by atoms with van der Waals surface area (Å²) in [5.41, 5.74) is 2.00. The number of amides is 1. The third-order valence-electron chi connectivity index (χ3n) is 4.32. The lowest BCUT2D eigenvalue weighted by atomic mass is 9.95. The number of aryl methyl sites for hydroxylation is 2. The topological polar surface area (TPSA) is 49.3 Å². The first-order chi connectivity index (χ1) is 10.5. The van der Waals surface area contributed by atoms with Crippen molar-refractivity contribution >= 4 is 11.9 Å². The number of carbonyl (C=O) groups excluding carboxylic acids is 1. The van der Waals surface area contributed by atoms with E-state index in [1.165, 1.54) is 0 Å². The summed E-state index contributed by atoms with van der Waals surface area (Å²) in [6.07, 6.45) is 3.99. The lowest BCUT2D eigenvalue weighted by Gasteiger charge is -2.33. The van der Waals surface area contributed by atoms with Gasteiger partial charge in [-0.15, -0.1) is 0 Å². The molecule has 1 saturated heterocycles. The van der Waals surface area contributed by atoms with Gasteiger partial charge in [0.1, 0.15) is 0 Å². The maximum atomic E-state index is 12.4. The quantitative estimate of drug-likeness (QED) is 0.839. The highest BCUT2D eigenvalue weighted by atomic mass is 16.2. The van der Waals surface area contributed by atoms with Crippen LogP contribution in [0.2, 0.25) is 0 Å². The second-order valence-electron chi connectivity index (χ2n) is 6.33. The van der Waals surface area contributed by atoms with Crippen molar-refractivity contribution < 1.29 is 4.79 Å². The first-order valence-corrected chi connectivity index (χ1v) is 8.33. The van der Waals surface area contributed by atoms with Crippen LogP contribution >= 0.6 is 0 Å². The summed E-state index contributed by atoms with van der Waals surface area (Å²) in [6.45, 7) is 8.74. The van der Waals surface area contributed by atoms with Crippen LogP contribution in [0.3, 0.4) is 0 Å². The molecule has 0 spiro atoms. The highest BCUT2D eigenvalue weighted by Crippen LogP contribution is 2.22. The Morgan fingerprint density at radius 1 is 1.27 bits per heavy atom. The lowest BCUT2D eigenvalue weighted by Crippen LogP contribution is -2.42. The van der Waals surface area contributed by atoms with Crippen LogP contribution in [0, 0.1) is 19.8 Å². The summed E-state index contributed by atoms with van der Waals surface area (Å²) in [4.78, 5) is 25.6. The number of nitrogens with zero attached hydrogens (tertiary/aromatic N) is 4. The molecule has 5 nitrogen and oxygen atoms in total. The molecule has 0 saturated carbocycles. The highest BCUT2D eigenvalue weighted by molar-refractivity contribution is 5.78. The van der Waals surface area contributed by atoms with Gasteiger partial charge in [-0.2, -0.15) is 0 Å². The van der Waals surface area contributed by atoms with Gasteiger partial charge < -0.3 is 9.80 Å². The largest absolute Gasteiger partial charge is 0.346 e. The van der Waals surface area contributed by atoms with Crippen molar-refractivity contribution in [1.29, 1.82) is 0 Å². The molecule has 2 rings (SSSR count). The summed E-state index contributed by atoms with van der Waals surface area (Å²) in [7, 11) is 1.93. The van der Waals surface area contributed by atoms with Crippen molar-refractivity contribution in [3.8, 4) is 0 Å². The fourth-order valence-corrected chi connectivity index (χ4v) is 2.99. The Balaban J connectivity index is 1.91. The van der Waals surface area contributed by atoms with Crippen LogP contribution in [-0.4, -0.2) is 47.5 Å². The molecule has 0 aromatic carbocycles. The summed E-state index contributed by atoms with van der Waals surface area (Å²) in [5, 5.41) is 0. The van der Waals surface area contributed by atoms with Crippen molar-refractivity contribution in [3.05, 3.63) is 17.5 Å². The molecule has 1 fully saturated rings. The van der Waals surface area contributed by atoms with Crippen molar-refractivity contribution in [2.45, 2.75) is 46.5 Å². The monoisotopic (exact) mass is 304 g/mol. The van der Waals surface area contributed by atoms with Gasteiger partial charge >= 0.3 is 0 Å². The fourth-order valence-electron chi connectivity index (χ4n) is 2.99. The van der Waals surface area contributed by atoms with Gasteiger partial charge in [0.15, 0.2) is 0 Å². The number of anilines is 1. The van der Waals surface area contributed by atoms with Gasteiger partial charge in [0.25, 0.3) is 0 Å². The molecular formula is C17H28N4O. The fraction of sp³-hybridized carbons (Fsp3) is 0.706. The summed E-state index contributed by atoms with van der Waals surface area (Å²) in [5.74, 6) is 1.26. The molecular weight excluding hydrogens is 276 g/mol. The zero-order valence-corrected chi connectivity index (χ0v) is 14.3. The number of piperidine rings is 1. The number of hydrogen-bond acceptors (Lipinski definition) is 4. The average Bonchev–Trinajstić information content (AvgIpc) is 2.51. The molecule has 5 heteroatoms. The first-order valence-electron chi connectivity index (χ1n) is 8.33. The van der Waals surface area contributed by atoms with Gasteiger partial charge in [-0.3, -0.25) is 4.79 Å². The predicted octanol–water partition coefficient (Wildman–Crippen LogP) is 2.57. The standard InChI is InChI=1S/C17H28N4O/c1-5-6-9-20(4)16(22)15-7-10-21(11-8-15)17-18-13(2)12-14(3)19-17/h12,15H,5-11H2,1-4H3. The molecule has 2 heterocycles. The third kappa shape index (κ3) is 4.18. The summed E-state index contributed by atoms with van der Waals surface area (Å²) < 4.78 is 0. The Kier molecular flexibility index (Phi) is 5.75. The van der Waals surface area contributed by atoms with Crippen molar-refractivity contribution in [1.82, 2.24) is 14.9 Å². The smallest absolute Gasteiger partial charge is 0.225 e. The zero-order chi connectivity index (χ0) is 16.1. The van der Waals surface area contributed by atoms with Crippen LogP contribution in [0.5, 0.6) is 0 Å². The first kappa shape index (κ1) is 16.7. The lowest BCUT2D eigenvalue weighted by molar-refractivity contribution is -0.134. The Morgan fingerprint density at radius 3 is 2.41 bits per heavy atom. The van der Waals surface area contributed by atoms with Gasteiger partial charge in [0.05, 0.1) is 0 Å². The maximum Gasteiger partial charge on any atom is 0.225 e. The summed E-state index contributed by atoms with van der Waals surface area (Å²) in [6, 6.07) is 1.99. The number of hydrogen-bond donors (Lipinski definition) is 0. The Morgan fingerprint density at radius 2 is 1.86 bits per heavy atom. The Hall–Kier alpha value is -1.65. The molecule has 22 heavy (non-hydrogen) atoms. The Bertz CT molecular complexity index is 489. The third-order valence-corrected chi connectivity index (χ3v) is 4.32. The molecule has 1 aromatic rings. The van der Waals surface area contributed by atoms with Crippen LogP contribution in [0.15, 0.2) is 6.07 Å². The van der Waals surface area contributed by atoms with Crippen molar-refractivity contribution in [3.63, 3.8) is 0 Å². The van der Waals surface area contributed by atoms with Crippen LogP contribution in [0.4, 0.5) is 5.95 Å². The van der Waals surface area contributed by atoms with Crippen molar-refractivity contribution in [2.24, 2.45) is 5.92 Å². The van der Waals surface area contributed by atoms with Gasteiger partial charge in [-0.1, -0.05) is 13.3 Å². The Labute approximate surface area is 133 Å². The second-order valence-corrected chi connectivity index (χ2v) is 6.33. The number of carbonyl (C=O) groups is 1.